The van der Waals surface area contributed by atoms with E-state index in [9.17, 15) is 0 Å². The van der Waals surface area contributed by atoms with Crippen LogP contribution >= 0.6 is 0 Å². The topological polar surface area (TPSA) is 43.6 Å². The normalized spacial score (nSPS) is 10.4. The smallest absolute Gasteiger partial charge is 0.123 e. The molecule has 1 heterocycles. The summed E-state index contributed by atoms with van der Waals surface area (Å²) >= 11 is 0. The number of hydrogen-bond donors (Lipinski definition) is 1. The first-order valence-corrected chi connectivity index (χ1v) is 6.29. The van der Waals surface area contributed by atoms with Crippen LogP contribution < -0.4 is 10.1 Å². The first-order valence-electron chi connectivity index (χ1n) is 6.29. The van der Waals surface area contributed by atoms with Gasteiger partial charge in [0, 0.05) is 12.8 Å². The maximum atomic E-state index is 5.50. The minimum absolute atomic E-state index is 0.564. The fraction of sp³-hybridized carbons (Fsp3) is 0.333. The molecule has 2 rings (SSSR count). The number of benzene rings is 1. The number of hydrogen-bond acceptors (Lipinski definition) is 4. The van der Waals surface area contributed by atoms with E-state index in [0.29, 0.717) is 19.8 Å². The van der Waals surface area contributed by atoms with Gasteiger partial charge in [-0.05, 0) is 43.3 Å². The molecule has 1 aromatic heterocycles. The highest BCUT2D eigenvalue weighted by molar-refractivity contribution is 5.46. The second-order valence-corrected chi connectivity index (χ2v) is 4.23. The average molecular weight is 261 g/mol. The van der Waals surface area contributed by atoms with Crippen molar-refractivity contribution in [1.29, 1.82) is 0 Å². The maximum absolute atomic E-state index is 5.50. The highest BCUT2D eigenvalue weighted by Gasteiger charge is 1.99. The standard InChI is InChI=1S/C15H19NO3/c1-12-3-6-15(19-12)11-16-13-4-7-14(8-5-13)18-10-9-17-2/h3-8,16H,9-11H2,1-2H3. The summed E-state index contributed by atoms with van der Waals surface area (Å²) in [6, 6.07) is 11.8. The predicted octanol–water partition coefficient (Wildman–Crippen LogP) is 3.23. The molecule has 1 aromatic carbocycles. The van der Waals surface area contributed by atoms with E-state index in [1.54, 1.807) is 7.11 Å². The van der Waals surface area contributed by atoms with Crippen molar-refractivity contribution in [3.05, 3.63) is 47.9 Å². The van der Waals surface area contributed by atoms with Crippen LogP contribution in [-0.4, -0.2) is 20.3 Å². The van der Waals surface area contributed by atoms with E-state index < -0.39 is 0 Å². The molecule has 19 heavy (non-hydrogen) atoms. The number of nitrogens with one attached hydrogen (secondary N) is 1. The molecular formula is C15H19NO3. The molecule has 0 amide bonds. The van der Waals surface area contributed by atoms with Crippen molar-refractivity contribution in [1.82, 2.24) is 0 Å². The summed E-state index contributed by atoms with van der Waals surface area (Å²) in [5.41, 5.74) is 1.04. The largest absolute Gasteiger partial charge is 0.491 e. The molecule has 4 heteroatoms. The quantitative estimate of drug-likeness (QED) is 0.777. The Morgan fingerprint density at radius 3 is 2.47 bits per heavy atom. The Morgan fingerprint density at radius 1 is 1.05 bits per heavy atom. The zero-order valence-corrected chi connectivity index (χ0v) is 11.3. The fourth-order valence-corrected chi connectivity index (χ4v) is 1.68. The van der Waals surface area contributed by atoms with Gasteiger partial charge < -0.3 is 19.2 Å². The third-order valence-electron chi connectivity index (χ3n) is 2.67. The number of furan rings is 1. The molecular weight excluding hydrogens is 242 g/mol. The first kappa shape index (κ1) is 13.5. The first-order chi connectivity index (χ1) is 9.28. The predicted molar refractivity (Wildman–Crippen MR) is 74.6 cm³/mol. The maximum Gasteiger partial charge on any atom is 0.123 e. The Balaban J connectivity index is 1.81. The SMILES string of the molecule is COCCOc1ccc(NCc2ccc(C)o2)cc1. The molecule has 0 aliphatic rings. The number of rotatable bonds is 7. The van der Waals surface area contributed by atoms with Gasteiger partial charge in [-0.3, -0.25) is 0 Å². The van der Waals surface area contributed by atoms with Crippen LogP contribution in [0.15, 0.2) is 40.8 Å². The highest BCUT2D eigenvalue weighted by Crippen LogP contribution is 2.17. The van der Waals surface area contributed by atoms with Crippen molar-refractivity contribution in [2.75, 3.05) is 25.6 Å². The van der Waals surface area contributed by atoms with Crippen molar-refractivity contribution in [3.8, 4) is 5.75 Å². The molecule has 0 radical (unpaired) electrons. The zero-order chi connectivity index (χ0) is 13.5. The van der Waals surface area contributed by atoms with Gasteiger partial charge in [0.15, 0.2) is 0 Å². The van der Waals surface area contributed by atoms with Gasteiger partial charge >= 0.3 is 0 Å². The van der Waals surface area contributed by atoms with Crippen molar-refractivity contribution in [2.45, 2.75) is 13.5 Å². The van der Waals surface area contributed by atoms with Crippen LogP contribution in [-0.2, 0) is 11.3 Å². The summed E-state index contributed by atoms with van der Waals surface area (Å²) < 4.78 is 15.9. The Morgan fingerprint density at radius 2 is 1.84 bits per heavy atom. The van der Waals surface area contributed by atoms with Crippen molar-refractivity contribution < 1.29 is 13.9 Å². The molecule has 1 N–H and O–H groups in total. The van der Waals surface area contributed by atoms with Gasteiger partial charge in [-0.1, -0.05) is 0 Å². The Bertz CT molecular complexity index is 490. The molecule has 0 aliphatic heterocycles. The minimum Gasteiger partial charge on any atom is -0.491 e. The fourth-order valence-electron chi connectivity index (χ4n) is 1.68. The third kappa shape index (κ3) is 4.34. The van der Waals surface area contributed by atoms with Crippen molar-refractivity contribution in [2.24, 2.45) is 0 Å². The van der Waals surface area contributed by atoms with Gasteiger partial charge in [-0.2, -0.15) is 0 Å². The van der Waals surface area contributed by atoms with Crippen LogP contribution in [0, 0.1) is 6.92 Å². The Kier molecular flexibility index (Phi) is 4.86. The second kappa shape index (κ2) is 6.85. The lowest BCUT2D eigenvalue weighted by Gasteiger charge is -2.07. The van der Waals surface area contributed by atoms with E-state index in [1.165, 1.54) is 0 Å². The van der Waals surface area contributed by atoms with Gasteiger partial charge in [-0.25, -0.2) is 0 Å². The molecule has 102 valence electrons. The van der Waals surface area contributed by atoms with E-state index in [1.807, 2.05) is 43.3 Å². The van der Waals surface area contributed by atoms with E-state index in [0.717, 1.165) is 23.0 Å². The molecule has 0 saturated heterocycles. The molecule has 0 fully saturated rings. The van der Waals surface area contributed by atoms with Gasteiger partial charge in [0.05, 0.1) is 13.2 Å². The average Bonchev–Trinajstić information content (AvgIpc) is 2.84. The van der Waals surface area contributed by atoms with Crippen LogP contribution in [0.4, 0.5) is 5.69 Å². The van der Waals surface area contributed by atoms with Crippen LogP contribution in [0.2, 0.25) is 0 Å². The lowest BCUT2D eigenvalue weighted by Crippen LogP contribution is -2.04. The molecule has 2 aromatic rings. The van der Waals surface area contributed by atoms with E-state index in [2.05, 4.69) is 5.32 Å². The lowest BCUT2D eigenvalue weighted by molar-refractivity contribution is 0.146. The summed E-state index contributed by atoms with van der Waals surface area (Å²) in [5.74, 6) is 2.70. The molecule has 0 aliphatic carbocycles. The summed E-state index contributed by atoms with van der Waals surface area (Å²) in [6.45, 7) is 3.78. The monoisotopic (exact) mass is 261 g/mol. The molecule has 0 atom stereocenters. The van der Waals surface area contributed by atoms with Crippen molar-refractivity contribution in [3.63, 3.8) is 0 Å². The number of ether oxygens (including phenoxy) is 2. The molecule has 0 unspecified atom stereocenters. The number of anilines is 1. The van der Waals surface area contributed by atoms with Crippen LogP contribution in [0.25, 0.3) is 0 Å². The summed E-state index contributed by atoms with van der Waals surface area (Å²) in [6.07, 6.45) is 0. The molecule has 0 saturated carbocycles. The van der Waals surface area contributed by atoms with Crippen LogP contribution in [0.1, 0.15) is 11.5 Å². The van der Waals surface area contributed by atoms with Gasteiger partial charge in [0.25, 0.3) is 0 Å². The molecule has 0 bridgehead atoms. The van der Waals surface area contributed by atoms with Gasteiger partial charge in [0.2, 0.25) is 0 Å². The third-order valence-corrected chi connectivity index (χ3v) is 2.67. The Hall–Kier alpha value is -1.94. The summed E-state index contributed by atoms with van der Waals surface area (Å²) in [5, 5.41) is 3.29. The van der Waals surface area contributed by atoms with Crippen LogP contribution in [0.5, 0.6) is 5.75 Å². The second-order valence-electron chi connectivity index (χ2n) is 4.23. The summed E-state index contributed by atoms with van der Waals surface area (Å²) in [7, 11) is 1.66. The van der Waals surface area contributed by atoms with Gasteiger partial charge in [-0.15, -0.1) is 0 Å². The molecule has 4 nitrogen and oxygen atoms in total. The lowest BCUT2D eigenvalue weighted by atomic mass is 10.3. The Labute approximate surface area is 113 Å². The summed E-state index contributed by atoms with van der Waals surface area (Å²) in [4.78, 5) is 0. The van der Waals surface area contributed by atoms with Crippen LogP contribution in [0.3, 0.4) is 0 Å². The minimum atomic E-state index is 0.564. The van der Waals surface area contributed by atoms with Gasteiger partial charge in [0.1, 0.15) is 23.9 Å². The van der Waals surface area contributed by atoms with E-state index in [4.69, 9.17) is 13.9 Å². The zero-order valence-electron chi connectivity index (χ0n) is 11.3. The van der Waals surface area contributed by atoms with E-state index >= 15 is 0 Å². The molecule has 0 spiro atoms. The highest BCUT2D eigenvalue weighted by atomic mass is 16.5. The van der Waals surface area contributed by atoms with E-state index in [-0.39, 0.29) is 0 Å². The number of aryl methyl sites for hydroxylation is 1. The van der Waals surface area contributed by atoms with Crippen molar-refractivity contribution >= 4 is 5.69 Å². The number of methoxy groups -OCH3 is 1.